The molecule has 1 saturated carbocycles. The quantitative estimate of drug-likeness (QED) is 0.397. The summed E-state index contributed by atoms with van der Waals surface area (Å²) in [6.45, 7) is 4.03. The summed E-state index contributed by atoms with van der Waals surface area (Å²) in [4.78, 5) is 17.3. The number of aromatic nitrogens is 2. The second-order valence-corrected chi connectivity index (χ2v) is 8.05. The molecule has 1 fully saturated rings. The van der Waals surface area contributed by atoms with E-state index in [1.165, 1.54) is 24.1 Å². The lowest BCUT2D eigenvalue weighted by Crippen LogP contribution is -2.26. The van der Waals surface area contributed by atoms with Gasteiger partial charge in [-0.05, 0) is 62.4 Å². The van der Waals surface area contributed by atoms with E-state index in [4.69, 9.17) is 10.1 Å². The molecule has 170 valence electrons. The van der Waals surface area contributed by atoms with Crippen LogP contribution in [0.4, 0.5) is 15.8 Å². The molecule has 0 aliphatic heterocycles. The van der Waals surface area contributed by atoms with Crippen LogP contribution in [0.15, 0.2) is 52.3 Å². The van der Waals surface area contributed by atoms with Gasteiger partial charge in [-0.3, -0.25) is 10.2 Å². The number of amidine groups is 1. The number of para-hydroxylation sites is 1. The summed E-state index contributed by atoms with van der Waals surface area (Å²) in [6, 6.07) is 11.7. The smallest absolute Gasteiger partial charge is 0.290 e. The van der Waals surface area contributed by atoms with E-state index >= 15 is 0 Å². The van der Waals surface area contributed by atoms with Crippen molar-refractivity contribution in [2.45, 2.75) is 33.2 Å². The number of methoxy groups -OCH3 is 1. The highest BCUT2D eigenvalue weighted by Crippen LogP contribution is 2.34. The molecule has 0 bridgehead atoms. The lowest BCUT2D eigenvalue weighted by Gasteiger charge is -2.16. The second kappa shape index (κ2) is 9.36. The van der Waals surface area contributed by atoms with Crippen molar-refractivity contribution in [3.63, 3.8) is 0 Å². The fourth-order valence-electron chi connectivity index (χ4n) is 3.76. The Balaban J connectivity index is 1.84. The van der Waals surface area contributed by atoms with Crippen LogP contribution >= 0.6 is 0 Å². The van der Waals surface area contributed by atoms with E-state index in [9.17, 15) is 9.18 Å². The number of halogens is 1. The van der Waals surface area contributed by atoms with Crippen LogP contribution in [0.25, 0.3) is 11.3 Å². The first-order valence-electron chi connectivity index (χ1n) is 10.8. The molecule has 4 rings (SSSR count). The summed E-state index contributed by atoms with van der Waals surface area (Å²) in [6.07, 6.45) is 3.63. The molecule has 0 atom stereocenters. The summed E-state index contributed by atoms with van der Waals surface area (Å²) in [5, 5.41) is 15.8. The van der Waals surface area contributed by atoms with Gasteiger partial charge in [0.25, 0.3) is 5.56 Å². The Kier molecular flexibility index (Phi) is 6.35. The number of hydrogen-bond donors (Lipinski definition) is 2. The molecule has 1 aromatic heterocycles. The minimum atomic E-state index is -0.393. The van der Waals surface area contributed by atoms with Crippen molar-refractivity contribution in [1.29, 1.82) is 5.41 Å². The van der Waals surface area contributed by atoms with E-state index in [0.29, 0.717) is 40.7 Å². The standard InChI is InChI=1S/C25H26FN5O2/c1-4-28-24(27)17-8-6-10-19(23(17)33-3)29-21-13-20(22-15(2)7-5-9-18(22)26)30-31(25(21)32)14-16-11-12-16/h4-10,13,16,27,29H,11-12,14H2,1-3H3. The third-order valence-electron chi connectivity index (χ3n) is 5.58. The van der Waals surface area contributed by atoms with Gasteiger partial charge in [-0.25, -0.2) is 14.1 Å². The van der Waals surface area contributed by atoms with Crippen molar-refractivity contribution >= 4 is 23.4 Å². The Morgan fingerprint density at radius 3 is 2.73 bits per heavy atom. The zero-order valence-corrected chi connectivity index (χ0v) is 18.9. The highest BCUT2D eigenvalue weighted by Gasteiger charge is 2.25. The summed E-state index contributed by atoms with van der Waals surface area (Å²) >= 11 is 0. The van der Waals surface area contributed by atoms with Crippen LogP contribution in [0.3, 0.4) is 0 Å². The maximum Gasteiger partial charge on any atom is 0.290 e. The first kappa shape index (κ1) is 22.4. The molecule has 33 heavy (non-hydrogen) atoms. The van der Waals surface area contributed by atoms with Gasteiger partial charge in [-0.1, -0.05) is 18.2 Å². The van der Waals surface area contributed by atoms with Crippen molar-refractivity contribution in [3.8, 4) is 17.0 Å². The van der Waals surface area contributed by atoms with E-state index in [0.717, 1.165) is 18.4 Å². The van der Waals surface area contributed by atoms with Gasteiger partial charge in [0, 0.05) is 18.3 Å². The van der Waals surface area contributed by atoms with Crippen molar-refractivity contribution in [2.75, 3.05) is 12.4 Å². The number of rotatable bonds is 7. The Morgan fingerprint density at radius 2 is 2.06 bits per heavy atom. The molecule has 0 saturated heterocycles. The lowest BCUT2D eigenvalue weighted by atomic mass is 10.0. The zero-order valence-electron chi connectivity index (χ0n) is 18.9. The Bertz CT molecular complexity index is 1270. The largest absolute Gasteiger partial charge is 0.494 e. The predicted octanol–water partition coefficient (Wildman–Crippen LogP) is 4.94. The van der Waals surface area contributed by atoms with Gasteiger partial charge >= 0.3 is 0 Å². The minimum Gasteiger partial charge on any atom is -0.494 e. The Labute approximate surface area is 191 Å². The van der Waals surface area contributed by atoms with Crippen LogP contribution in [0.5, 0.6) is 5.75 Å². The Morgan fingerprint density at radius 1 is 1.30 bits per heavy atom. The van der Waals surface area contributed by atoms with E-state index in [1.807, 2.05) is 13.0 Å². The van der Waals surface area contributed by atoms with Gasteiger partial charge in [0.2, 0.25) is 0 Å². The molecule has 7 nitrogen and oxygen atoms in total. The molecule has 2 N–H and O–H groups in total. The SMILES string of the molecule is CC=NC(=N)c1cccc(Nc2cc(-c3c(C)cccc3F)nn(CC3CC3)c2=O)c1OC. The monoisotopic (exact) mass is 447 g/mol. The lowest BCUT2D eigenvalue weighted by molar-refractivity contribution is 0.416. The molecule has 0 radical (unpaired) electrons. The molecule has 0 amide bonds. The van der Waals surface area contributed by atoms with Crippen LogP contribution < -0.4 is 15.6 Å². The molecule has 0 unspecified atom stereocenters. The Hall–Kier alpha value is -3.81. The first-order valence-corrected chi connectivity index (χ1v) is 10.8. The van der Waals surface area contributed by atoms with Gasteiger partial charge in [-0.15, -0.1) is 0 Å². The highest BCUT2D eigenvalue weighted by atomic mass is 19.1. The molecule has 8 heteroatoms. The molecular formula is C25H26FN5O2. The summed E-state index contributed by atoms with van der Waals surface area (Å²) in [7, 11) is 1.50. The molecular weight excluding hydrogens is 421 g/mol. The number of hydrogen-bond acceptors (Lipinski definition) is 5. The number of nitrogens with zero attached hydrogens (tertiary/aromatic N) is 3. The third-order valence-corrected chi connectivity index (χ3v) is 5.58. The molecule has 1 heterocycles. The van der Waals surface area contributed by atoms with Gasteiger partial charge in [0.15, 0.2) is 11.6 Å². The van der Waals surface area contributed by atoms with Crippen molar-refractivity contribution in [3.05, 3.63) is 69.8 Å². The van der Waals surface area contributed by atoms with Crippen molar-refractivity contribution < 1.29 is 9.13 Å². The molecule has 1 aliphatic carbocycles. The second-order valence-electron chi connectivity index (χ2n) is 8.05. The highest BCUT2D eigenvalue weighted by molar-refractivity contribution is 6.04. The predicted molar refractivity (Wildman–Crippen MR) is 129 cm³/mol. The van der Waals surface area contributed by atoms with E-state index < -0.39 is 5.82 Å². The van der Waals surface area contributed by atoms with Crippen LogP contribution in [0, 0.1) is 24.1 Å². The van der Waals surface area contributed by atoms with Crippen LogP contribution in [0.1, 0.15) is 30.9 Å². The number of aliphatic imine (C=N–C) groups is 1. The number of benzene rings is 2. The number of nitrogens with one attached hydrogen (secondary N) is 2. The van der Waals surface area contributed by atoms with Gasteiger partial charge in [-0.2, -0.15) is 5.10 Å². The van der Waals surface area contributed by atoms with Crippen molar-refractivity contribution in [2.24, 2.45) is 10.9 Å². The molecule has 1 aliphatic rings. The number of anilines is 2. The fraction of sp³-hybridized carbons (Fsp3) is 0.280. The van der Waals surface area contributed by atoms with E-state index in [2.05, 4.69) is 15.4 Å². The first-order chi connectivity index (χ1) is 15.9. The summed E-state index contributed by atoms with van der Waals surface area (Å²) in [5.74, 6) is 0.448. The molecule has 3 aromatic rings. The zero-order chi connectivity index (χ0) is 23.5. The molecule has 2 aromatic carbocycles. The number of aryl methyl sites for hydroxylation is 1. The fourth-order valence-corrected chi connectivity index (χ4v) is 3.76. The average molecular weight is 448 g/mol. The number of ether oxygens (including phenoxy) is 1. The average Bonchev–Trinajstić information content (AvgIpc) is 3.60. The van der Waals surface area contributed by atoms with Gasteiger partial charge in [0.1, 0.15) is 11.5 Å². The van der Waals surface area contributed by atoms with E-state index in [-0.39, 0.29) is 17.1 Å². The minimum absolute atomic E-state index is 0.0431. The van der Waals surface area contributed by atoms with Gasteiger partial charge < -0.3 is 10.1 Å². The summed E-state index contributed by atoms with van der Waals surface area (Å²) in [5.41, 5.74) is 2.42. The molecule has 0 spiro atoms. The topological polar surface area (TPSA) is 92.4 Å². The third kappa shape index (κ3) is 4.69. The van der Waals surface area contributed by atoms with Crippen molar-refractivity contribution in [1.82, 2.24) is 9.78 Å². The maximum absolute atomic E-state index is 14.7. The normalized spacial score (nSPS) is 13.3. The van der Waals surface area contributed by atoms with E-state index in [1.54, 1.807) is 37.3 Å². The van der Waals surface area contributed by atoms with Crippen LogP contribution in [-0.4, -0.2) is 28.9 Å². The maximum atomic E-state index is 14.7. The van der Waals surface area contributed by atoms with Crippen LogP contribution in [-0.2, 0) is 6.54 Å². The van der Waals surface area contributed by atoms with Crippen LogP contribution in [0.2, 0.25) is 0 Å². The summed E-state index contributed by atoms with van der Waals surface area (Å²) < 4.78 is 21.7. The van der Waals surface area contributed by atoms with Gasteiger partial charge in [0.05, 0.1) is 24.1 Å².